The molecule has 0 radical (unpaired) electrons. The Morgan fingerprint density at radius 3 is 2.44 bits per heavy atom. The summed E-state index contributed by atoms with van der Waals surface area (Å²) in [5, 5.41) is 10.5. The van der Waals surface area contributed by atoms with Crippen molar-refractivity contribution in [2.24, 2.45) is 11.1 Å². The summed E-state index contributed by atoms with van der Waals surface area (Å²) in [5.41, 5.74) is 7.24. The van der Waals surface area contributed by atoms with E-state index in [-0.39, 0.29) is 36.9 Å². The number of alkyl halides is 3. The van der Waals surface area contributed by atoms with Gasteiger partial charge in [0.25, 0.3) is 5.91 Å². The number of primary amides is 1. The van der Waals surface area contributed by atoms with Gasteiger partial charge in [-0.25, -0.2) is 15.0 Å². The van der Waals surface area contributed by atoms with Crippen LogP contribution in [0.4, 0.5) is 19.0 Å². The molecule has 7 rings (SSSR count). The zero-order chi connectivity index (χ0) is 36.9. The van der Waals surface area contributed by atoms with Gasteiger partial charge in [-0.05, 0) is 80.8 Å². The molecule has 0 spiro atoms. The van der Waals surface area contributed by atoms with Crippen LogP contribution in [0.15, 0.2) is 36.7 Å². The van der Waals surface area contributed by atoms with E-state index in [1.165, 1.54) is 22.6 Å². The standard InChI is InChI=1S/C36H38F3N9O4/c1-19-9-10-26(36(37,38)39)44-33(19)45-34(52)25-13-35-14-27(35)48(25)29(50)17-47-31-21(7-5-3-4-6-8-28(49)43-18-35)11-22(23-15-41-20(2)42-16-23)12-24(31)30(46-47)32(40)51/h9-12,15-16,25,27H,3-8,13-14,17-18H2,1-2H3,(H2,40,51)(H,43,49)(H,44,45,52)/t25-,27+,35-/m0/s1. The highest BCUT2D eigenvalue weighted by Crippen LogP contribution is 2.59. The first-order valence-electron chi connectivity index (χ1n) is 17.3. The monoisotopic (exact) mass is 717 g/mol. The number of nitrogens with zero attached hydrogens (tertiary/aromatic N) is 6. The summed E-state index contributed by atoms with van der Waals surface area (Å²) in [6.07, 6.45) is 3.38. The van der Waals surface area contributed by atoms with Crippen LogP contribution in [0.2, 0.25) is 0 Å². The maximum absolute atomic E-state index is 14.4. The Bertz CT molecular complexity index is 2100. The average Bonchev–Trinajstić information content (AvgIpc) is 3.50. The number of nitrogens with two attached hydrogens (primary N) is 1. The minimum absolute atomic E-state index is 0.0152. The Morgan fingerprint density at radius 1 is 1.00 bits per heavy atom. The number of carbonyl (C=O) groups is 4. The van der Waals surface area contributed by atoms with Crippen molar-refractivity contribution in [2.45, 2.75) is 90.0 Å². The lowest BCUT2D eigenvalue weighted by Crippen LogP contribution is -2.47. The first kappa shape index (κ1) is 35.0. The van der Waals surface area contributed by atoms with Crippen LogP contribution in [-0.2, 0) is 33.5 Å². The first-order valence-corrected chi connectivity index (χ1v) is 17.3. The smallest absolute Gasteiger partial charge is 0.364 e. The van der Waals surface area contributed by atoms with Crippen LogP contribution in [0, 0.1) is 19.3 Å². The number of piperidine rings is 1. The Hall–Kier alpha value is -5.41. The highest BCUT2D eigenvalue weighted by atomic mass is 19.4. The van der Waals surface area contributed by atoms with E-state index in [4.69, 9.17) is 5.73 Å². The maximum Gasteiger partial charge on any atom is 0.433 e. The molecule has 52 heavy (non-hydrogen) atoms. The average molecular weight is 718 g/mol. The maximum atomic E-state index is 14.4. The predicted molar refractivity (Wildman–Crippen MR) is 183 cm³/mol. The fourth-order valence-electron chi connectivity index (χ4n) is 7.61. The number of aromatic nitrogens is 5. The molecule has 5 heterocycles. The molecule has 13 nitrogen and oxygen atoms in total. The number of hydrogen-bond acceptors (Lipinski definition) is 8. The minimum atomic E-state index is -4.73. The molecular formula is C36H38F3N9O4. The van der Waals surface area contributed by atoms with E-state index < -0.39 is 47.1 Å². The first-order chi connectivity index (χ1) is 24.7. The number of pyridine rings is 1. The molecular weight excluding hydrogens is 679 g/mol. The zero-order valence-corrected chi connectivity index (χ0v) is 28.7. The lowest BCUT2D eigenvalue weighted by Gasteiger charge is -2.27. The fourth-order valence-corrected chi connectivity index (χ4v) is 7.61. The Kier molecular flexibility index (Phi) is 8.95. The number of aryl methyl sites for hydroxylation is 3. The Balaban J connectivity index is 1.28. The van der Waals surface area contributed by atoms with Crippen molar-refractivity contribution in [3.8, 4) is 11.1 Å². The number of benzene rings is 1. The van der Waals surface area contributed by atoms with Gasteiger partial charge in [0.2, 0.25) is 17.7 Å². The summed E-state index contributed by atoms with van der Waals surface area (Å²) < 4.78 is 41.9. The molecule has 1 aliphatic carbocycles. The highest BCUT2D eigenvalue weighted by molar-refractivity contribution is 6.06. The normalized spacial score (nSPS) is 22.4. The van der Waals surface area contributed by atoms with Gasteiger partial charge in [0, 0.05) is 47.8 Å². The van der Waals surface area contributed by atoms with Gasteiger partial charge in [-0.3, -0.25) is 23.9 Å². The van der Waals surface area contributed by atoms with Crippen molar-refractivity contribution in [3.63, 3.8) is 0 Å². The van der Waals surface area contributed by atoms with E-state index in [9.17, 15) is 32.3 Å². The molecule has 3 atom stereocenters. The van der Waals surface area contributed by atoms with Crippen LogP contribution in [0.3, 0.4) is 0 Å². The van der Waals surface area contributed by atoms with Crippen molar-refractivity contribution in [3.05, 3.63) is 65.0 Å². The van der Waals surface area contributed by atoms with Gasteiger partial charge >= 0.3 is 6.18 Å². The number of hydrogen-bond donors (Lipinski definition) is 3. The zero-order valence-electron chi connectivity index (χ0n) is 28.7. The van der Waals surface area contributed by atoms with Crippen molar-refractivity contribution in [1.82, 2.24) is 34.9 Å². The molecule has 1 saturated carbocycles. The predicted octanol–water partition coefficient (Wildman–Crippen LogP) is 4.24. The summed E-state index contributed by atoms with van der Waals surface area (Å²) in [5.74, 6) is -1.72. The lowest BCUT2D eigenvalue weighted by atomic mass is 9.97. The summed E-state index contributed by atoms with van der Waals surface area (Å²) >= 11 is 0. The Morgan fingerprint density at radius 2 is 1.73 bits per heavy atom. The minimum Gasteiger partial charge on any atom is -0.364 e. The molecule has 272 valence electrons. The van der Waals surface area contributed by atoms with Crippen molar-refractivity contribution in [2.75, 3.05) is 11.9 Å². The summed E-state index contributed by atoms with van der Waals surface area (Å²) in [6.45, 7) is 3.21. The number of amides is 4. The van der Waals surface area contributed by atoms with Crippen LogP contribution in [0.1, 0.15) is 78.1 Å². The molecule has 1 saturated heterocycles. The summed E-state index contributed by atoms with van der Waals surface area (Å²) in [6, 6.07) is 4.33. The molecule has 16 heteroatoms. The van der Waals surface area contributed by atoms with Crippen LogP contribution >= 0.6 is 0 Å². The third-order valence-corrected chi connectivity index (χ3v) is 10.4. The third-order valence-electron chi connectivity index (χ3n) is 10.4. The van der Waals surface area contributed by atoms with E-state index in [0.717, 1.165) is 42.0 Å². The molecule has 3 aromatic heterocycles. The van der Waals surface area contributed by atoms with Crippen molar-refractivity contribution in [1.29, 1.82) is 0 Å². The van der Waals surface area contributed by atoms with Gasteiger partial charge < -0.3 is 21.3 Å². The van der Waals surface area contributed by atoms with Crippen molar-refractivity contribution >= 4 is 40.3 Å². The second kappa shape index (κ2) is 13.3. The molecule has 2 aliphatic heterocycles. The van der Waals surface area contributed by atoms with E-state index in [1.807, 2.05) is 6.07 Å². The topological polar surface area (TPSA) is 178 Å². The van der Waals surface area contributed by atoms with Gasteiger partial charge in [-0.1, -0.05) is 18.9 Å². The number of nitrogens with one attached hydrogen (secondary N) is 2. The van der Waals surface area contributed by atoms with E-state index in [2.05, 4.69) is 30.7 Å². The van der Waals surface area contributed by atoms with E-state index in [0.29, 0.717) is 48.0 Å². The van der Waals surface area contributed by atoms with Gasteiger partial charge in [-0.2, -0.15) is 18.3 Å². The number of carbonyl (C=O) groups excluding carboxylic acids is 4. The van der Waals surface area contributed by atoms with E-state index >= 15 is 0 Å². The van der Waals surface area contributed by atoms with Crippen LogP contribution < -0.4 is 16.4 Å². The summed E-state index contributed by atoms with van der Waals surface area (Å²) in [7, 11) is 0. The molecule has 3 aliphatic rings. The summed E-state index contributed by atoms with van der Waals surface area (Å²) in [4.78, 5) is 67.6. The largest absolute Gasteiger partial charge is 0.433 e. The fraction of sp³-hybridized carbons (Fsp3) is 0.444. The lowest BCUT2D eigenvalue weighted by molar-refractivity contribution is -0.141. The second-order valence-electron chi connectivity index (χ2n) is 14.1. The van der Waals surface area contributed by atoms with Gasteiger partial charge in [0.05, 0.1) is 5.52 Å². The quantitative estimate of drug-likeness (QED) is 0.281. The van der Waals surface area contributed by atoms with Gasteiger partial charge in [0.1, 0.15) is 29.9 Å². The number of halogens is 3. The van der Waals surface area contributed by atoms with E-state index in [1.54, 1.807) is 25.4 Å². The van der Waals surface area contributed by atoms with Crippen LogP contribution in [-0.4, -0.2) is 71.9 Å². The molecule has 0 unspecified atom stereocenters. The van der Waals surface area contributed by atoms with Crippen LogP contribution in [0.5, 0.6) is 0 Å². The van der Waals surface area contributed by atoms with Crippen molar-refractivity contribution < 1.29 is 32.3 Å². The third kappa shape index (κ3) is 6.68. The van der Waals surface area contributed by atoms with Crippen LogP contribution in [0.25, 0.3) is 22.0 Å². The SMILES string of the molecule is Cc1ncc(-c2cc3c4c(c2)c(C(N)=O)nn4CC(=O)N2[C@H](C(=O)Nc4nc(C(F)(F)F)ccc4C)C[C@@]4(CNC(=O)CCCCCC3)C[C@@H]24)cn1. The molecule has 2 bridgehead atoms. The molecule has 4 aromatic rings. The molecule has 4 amide bonds. The Labute approximate surface area is 296 Å². The number of anilines is 1. The molecule has 4 N–H and O–H groups in total. The molecule has 2 fully saturated rings. The highest BCUT2D eigenvalue weighted by Gasteiger charge is 2.67. The second-order valence-corrected chi connectivity index (χ2v) is 14.1. The van der Waals surface area contributed by atoms with Gasteiger partial charge in [-0.15, -0.1) is 0 Å². The van der Waals surface area contributed by atoms with Gasteiger partial charge in [0.15, 0.2) is 5.69 Å². The number of rotatable bonds is 4. The molecule has 1 aromatic carbocycles.